The van der Waals surface area contributed by atoms with Gasteiger partial charge in [-0.1, -0.05) is 141 Å². The molecule has 0 atom stereocenters. The molecule has 252 valence electrons. The van der Waals surface area contributed by atoms with Gasteiger partial charge in [0, 0.05) is 33.2 Å². The fraction of sp³-hybridized carbons (Fsp3) is 0.0588. The predicted molar refractivity (Wildman–Crippen MR) is 222 cm³/mol. The van der Waals surface area contributed by atoms with Gasteiger partial charge in [-0.15, -0.1) is 0 Å². The van der Waals surface area contributed by atoms with Crippen LogP contribution in [0.15, 0.2) is 192 Å². The first-order chi connectivity index (χ1) is 26.0. The number of rotatable bonds is 6. The third-order valence-corrected chi connectivity index (χ3v) is 11.1. The molecule has 53 heavy (non-hydrogen) atoms. The average Bonchev–Trinajstić information content (AvgIpc) is 3.70. The Morgan fingerprint density at radius 3 is 1.66 bits per heavy atom. The van der Waals surface area contributed by atoms with Gasteiger partial charge in [0.05, 0.1) is 0 Å². The molecule has 0 N–H and O–H groups in total. The molecule has 0 spiro atoms. The highest BCUT2D eigenvalue weighted by Crippen LogP contribution is 2.51. The Morgan fingerprint density at radius 2 is 0.925 bits per heavy atom. The van der Waals surface area contributed by atoms with Crippen molar-refractivity contribution < 1.29 is 4.42 Å². The summed E-state index contributed by atoms with van der Waals surface area (Å²) in [6.45, 7) is 4.68. The van der Waals surface area contributed by atoms with E-state index < -0.39 is 0 Å². The lowest BCUT2D eigenvalue weighted by Crippen LogP contribution is -2.15. The van der Waals surface area contributed by atoms with Crippen molar-refractivity contribution in [3.8, 4) is 44.5 Å². The van der Waals surface area contributed by atoms with Crippen LogP contribution in [0.3, 0.4) is 0 Å². The summed E-state index contributed by atoms with van der Waals surface area (Å²) in [7, 11) is 0. The minimum absolute atomic E-state index is 0.0634. The van der Waals surface area contributed by atoms with Crippen LogP contribution in [0.5, 0.6) is 0 Å². The second kappa shape index (κ2) is 12.3. The molecule has 2 heteroatoms. The van der Waals surface area contributed by atoms with Crippen molar-refractivity contribution >= 4 is 39.0 Å². The Labute approximate surface area is 310 Å². The normalized spacial score (nSPS) is 12.9. The van der Waals surface area contributed by atoms with Crippen LogP contribution in [0.2, 0.25) is 0 Å². The van der Waals surface area contributed by atoms with E-state index >= 15 is 0 Å². The highest BCUT2D eigenvalue weighted by Gasteiger charge is 2.35. The molecule has 0 aliphatic heterocycles. The van der Waals surface area contributed by atoms with E-state index in [1.54, 1.807) is 0 Å². The van der Waals surface area contributed by atoms with Crippen molar-refractivity contribution in [1.29, 1.82) is 0 Å². The third kappa shape index (κ3) is 5.26. The first kappa shape index (κ1) is 31.1. The molecule has 0 saturated carbocycles. The number of fused-ring (bicyclic) bond motifs is 6. The maximum absolute atomic E-state index is 6.13. The first-order valence-electron chi connectivity index (χ1n) is 18.3. The molecule has 0 amide bonds. The molecule has 0 bridgehead atoms. The van der Waals surface area contributed by atoms with Crippen LogP contribution in [0, 0.1) is 0 Å². The number of anilines is 3. The lowest BCUT2D eigenvalue weighted by molar-refractivity contribution is 0.660. The average molecular weight is 680 g/mol. The van der Waals surface area contributed by atoms with E-state index in [1.165, 1.54) is 44.5 Å². The molecule has 1 aliphatic carbocycles. The number of nitrogens with zero attached hydrogens (tertiary/aromatic N) is 1. The number of para-hydroxylation sites is 1. The van der Waals surface area contributed by atoms with Crippen LogP contribution in [0.4, 0.5) is 17.1 Å². The van der Waals surface area contributed by atoms with Gasteiger partial charge < -0.3 is 9.32 Å². The SMILES string of the molecule is CC1(C)c2ccccc2-c2cc(N(c3ccc(-c4ccc5oc6ccccc6c5c4)cc3)c3cc(-c4ccccc4)cc(-c4ccccc4)c3)ccc21. The van der Waals surface area contributed by atoms with Crippen LogP contribution >= 0.6 is 0 Å². The predicted octanol–water partition coefficient (Wildman–Crippen LogP) is 14.4. The van der Waals surface area contributed by atoms with E-state index in [2.05, 4.69) is 195 Å². The summed E-state index contributed by atoms with van der Waals surface area (Å²) in [5.41, 5.74) is 17.5. The van der Waals surface area contributed by atoms with Gasteiger partial charge >= 0.3 is 0 Å². The standard InChI is InChI=1S/C51H37NO/c1-51(2)47-19-11-9-17-43(47)45-33-41(26-27-48(45)51)52(42-30-38(34-13-5-3-6-14-34)29-39(31-42)35-15-7-4-8-16-35)40-24-21-36(22-25-40)37-23-28-50-46(32-37)44-18-10-12-20-49(44)53-50/h3-33H,1-2H3. The van der Waals surface area contributed by atoms with E-state index in [4.69, 9.17) is 4.42 Å². The molecule has 9 aromatic rings. The fourth-order valence-corrected chi connectivity index (χ4v) is 8.34. The molecule has 0 unspecified atom stereocenters. The zero-order valence-electron chi connectivity index (χ0n) is 29.8. The summed E-state index contributed by atoms with van der Waals surface area (Å²) in [5.74, 6) is 0. The van der Waals surface area contributed by atoms with Crippen LogP contribution in [0.1, 0.15) is 25.0 Å². The molecule has 1 aliphatic rings. The molecule has 1 aromatic heterocycles. The van der Waals surface area contributed by atoms with Gasteiger partial charge in [0.2, 0.25) is 0 Å². The highest BCUT2D eigenvalue weighted by atomic mass is 16.3. The monoisotopic (exact) mass is 679 g/mol. The van der Waals surface area contributed by atoms with Crippen molar-refractivity contribution in [1.82, 2.24) is 0 Å². The van der Waals surface area contributed by atoms with Crippen molar-refractivity contribution in [3.63, 3.8) is 0 Å². The zero-order chi connectivity index (χ0) is 35.5. The van der Waals surface area contributed by atoms with Gasteiger partial charge in [0.15, 0.2) is 0 Å². The number of hydrogen-bond donors (Lipinski definition) is 0. The van der Waals surface area contributed by atoms with E-state index in [0.29, 0.717) is 0 Å². The molecule has 2 nitrogen and oxygen atoms in total. The molecular formula is C51H37NO. The lowest BCUT2D eigenvalue weighted by Gasteiger charge is -2.28. The van der Waals surface area contributed by atoms with E-state index in [0.717, 1.165) is 50.1 Å². The quantitative estimate of drug-likeness (QED) is 0.174. The number of furan rings is 1. The van der Waals surface area contributed by atoms with Crippen molar-refractivity contribution in [3.05, 3.63) is 199 Å². The maximum atomic E-state index is 6.13. The van der Waals surface area contributed by atoms with Crippen LogP contribution in [-0.4, -0.2) is 0 Å². The molecule has 1 heterocycles. The largest absolute Gasteiger partial charge is 0.456 e. The van der Waals surface area contributed by atoms with Crippen LogP contribution in [0.25, 0.3) is 66.4 Å². The Bertz CT molecular complexity index is 2730. The van der Waals surface area contributed by atoms with Gasteiger partial charge in [-0.3, -0.25) is 0 Å². The van der Waals surface area contributed by atoms with E-state index in [-0.39, 0.29) is 5.41 Å². The van der Waals surface area contributed by atoms with E-state index in [1.807, 2.05) is 12.1 Å². The van der Waals surface area contributed by atoms with Crippen molar-refractivity contribution in [2.24, 2.45) is 0 Å². The summed E-state index contributed by atoms with van der Waals surface area (Å²) >= 11 is 0. The van der Waals surface area contributed by atoms with Gasteiger partial charge in [0.1, 0.15) is 11.2 Å². The topological polar surface area (TPSA) is 16.4 Å². The van der Waals surface area contributed by atoms with Crippen LogP contribution < -0.4 is 4.90 Å². The summed E-state index contributed by atoms with van der Waals surface area (Å²) in [5, 5.41) is 2.28. The van der Waals surface area contributed by atoms with Crippen molar-refractivity contribution in [2.45, 2.75) is 19.3 Å². The van der Waals surface area contributed by atoms with Gasteiger partial charge in [-0.05, 0) is 116 Å². The molecule has 0 radical (unpaired) electrons. The second-order valence-corrected chi connectivity index (χ2v) is 14.6. The molecule has 0 fully saturated rings. The second-order valence-electron chi connectivity index (χ2n) is 14.6. The Kier molecular flexibility index (Phi) is 7.19. The molecule has 0 saturated heterocycles. The Balaban J connectivity index is 1.15. The summed E-state index contributed by atoms with van der Waals surface area (Å²) in [6, 6.07) is 68.1. The van der Waals surface area contributed by atoms with Gasteiger partial charge in [-0.2, -0.15) is 0 Å². The zero-order valence-corrected chi connectivity index (χ0v) is 29.8. The minimum atomic E-state index is -0.0634. The number of hydrogen-bond acceptors (Lipinski definition) is 2. The smallest absolute Gasteiger partial charge is 0.135 e. The summed E-state index contributed by atoms with van der Waals surface area (Å²) in [6.07, 6.45) is 0. The first-order valence-corrected chi connectivity index (χ1v) is 18.3. The lowest BCUT2D eigenvalue weighted by atomic mass is 9.82. The van der Waals surface area contributed by atoms with Gasteiger partial charge in [-0.25, -0.2) is 0 Å². The summed E-state index contributed by atoms with van der Waals surface area (Å²) < 4.78 is 6.13. The highest BCUT2D eigenvalue weighted by molar-refractivity contribution is 6.06. The molecule has 10 rings (SSSR count). The Hall–Kier alpha value is -6.64. The minimum Gasteiger partial charge on any atom is -0.456 e. The summed E-state index contributed by atoms with van der Waals surface area (Å²) in [4.78, 5) is 2.42. The fourth-order valence-electron chi connectivity index (χ4n) is 8.34. The Morgan fingerprint density at radius 1 is 0.358 bits per heavy atom. The van der Waals surface area contributed by atoms with Crippen molar-refractivity contribution in [2.75, 3.05) is 4.90 Å². The number of benzene rings is 8. The molecule has 8 aromatic carbocycles. The van der Waals surface area contributed by atoms with E-state index in [9.17, 15) is 0 Å². The maximum Gasteiger partial charge on any atom is 0.135 e. The third-order valence-electron chi connectivity index (χ3n) is 11.1. The molecular weight excluding hydrogens is 643 g/mol. The van der Waals surface area contributed by atoms with Gasteiger partial charge in [0.25, 0.3) is 0 Å². The van der Waals surface area contributed by atoms with Crippen LogP contribution in [-0.2, 0) is 5.41 Å².